The number of H-pyrrole nitrogens is 1. The van der Waals surface area contributed by atoms with Crippen LogP contribution in [0.2, 0.25) is 0 Å². The summed E-state index contributed by atoms with van der Waals surface area (Å²) in [7, 11) is 0. The standard InChI is InChI=1S/C10H11NO4/c12-9-4-7(10(13)14)3-8(11-9)6-1-2-15-5-6/h3-4,6H,1-2,5H2,(H,11,12)(H,13,14). The third-order valence-electron chi connectivity index (χ3n) is 2.48. The van der Waals surface area contributed by atoms with Gasteiger partial charge in [0.05, 0.1) is 12.2 Å². The minimum atomic E-state index is -1.08. The number of hydrogen-bond acceptors (Lipinski definition) is 3. The first-order valence-electron chi connectivity index (χ1n) is 4.72. The van der Waals surface area contributed by atoms with Gasteiger partial charge in [-0.2, -0.15) is 0 Å². The van der Waals surface area contributed by atoms with Gasteiger partial charge in [0.25, 0.3) is 0 Å². The summed E-state index contributed by atoms with van der Waals surface area (Å²) in [5.41, 5.74) is 0.301. The Balaban J connectivity index is 2.38. The second-order valence-electron chi connectivity index (χ2n) is 3.55. The number of rotatable bonds is 2. The first-order valence-corrected chi connectivity index (χ1v) is 4.72. The molecule has 1 fully saturated rings. The summed E-state index contributed by atoms with van der Waals surface area (Å²) in [5.74, 6) is -0.974. The van der Waals surface area contributed by atoms with Gasteiger partial charge < -0.3 is 14.8 Å². The first-order chi connectivity index (χ1) is 7.16. The predicted molar refractivity (Wildman–Crippen MR) is 52.2 cm³/mol. The molecule has 2 N–H and O–H groups in total. The Morgan fingerprint density at radius 2 is 2.33 bits per heavy atom. The molecule has 2 rings (SSSR count). The number of carboxylic acids is 1. The van der Waals surface area contributed by atoms with Crippen molar-refractivity contribution in [1.82, 2.24) is 4.98 Å². The van der Waals surface area contributed by atoms with Gasteiger partial charge >= 0.3 is 5.97 Å². The van der Waals surface area contributed by atoms with E-state index in [2.05, 4.69) is 4.98 Å². The van der Waals surface area contributed by atoms with E-state index in [4.69, 9.17) is 9.84 Å². The Kier molecular flexibility index (Phi) is 2.55. The molecule has 1 atom stereocenters. The van der Waals surface area contributed by atoms with Crippen LogP contribution in [0.25, 0.3) is 0 Å². The lowest BCUT2D eigenvalue weighted by atomic mass is 10.0. The van der Waals surface area contributed by atoms with Crippen molar-refractivity contribution in [2.75, 3.05) is 13.2 Å². The summed E-state index contributed by atoms with van der Waals surface area (Å²) in [4.78, 5) is 24.6. The minimum absolute atomic E-state index is 0.0284. The van der Waals surface area contributed by atoms with E-state index in [1.807, 2.05) is 0 Å². The van der Waals surface area contributed by atoms with Crippen LogP contribution in [0.4, 0.5) is 0 Å². The van der Waals surface area contributed by atoms with E-state index in [0.29, 0.717) is 18.9 Å². The number of nitrogens with one attached hydrogen (secondary N) is 1. The van der Waals surface area contributed by atoms with Crippen molar-refractivity contribution >= 4 is 5.97 Å². The molecule has 0 radical (unpaired) electrons. The number of aromatic carboxylic acids is 1. The van der Waals surface area contributed by atoms with Crippen LogP contribution in [-0.4, -0.2) is 29.3 Å². The third-order valence-corrected chi connectivity index (χ3v) is 2.48. The largest absolute Gasteiger partial charge is 0.478 e. The molecule has 0 amide bonds. The van der Waals surface area contributed by atoms with Crippen molar-refractivity contribution in [3.05, 3.63) is 33.7 Å². The zero-order chi connectivity index (χ0) is 10.8. The van der Waals surface area contributed by atoms with Gasteiger partial charge in [0.2, 0.25) is 5.56 Å². The molecular formula is C10H11NO4. The molecule has 1 aliphatic heterocycles. The molecule has 5 heteroatoms. The molecular weight excluding hydrogens is 198 g/mol. The van der Waals surface area contributed by atoms with Gasteiger partial charge in [-0.25, -0.2) is 4.79 Å². The smallest absolute Gasteiger partial charge is 0.335 e. The molecule has 80 valence electrons. The molecule has 0 spiro atoms. The summed E-state index contributed by atoms with van der Waals surface area (Å²) >= 11 is 0. The molecule has 0 aliphatic carbocycles. The van der Waals surface area contributed by atoms with Crippen molar-refractivity contribution in [3.63, 3.8) is 0 Å². The van der Waals surface area contributed by atoms with Crippen LogP contribution >= 0.6 is 0 Å². The summed E-state index contributed by atoms with van der Waals surface area (Å²) in [6, 6.07) is 2.59. The fourth-order valence-electron chi connectivity index (χ4n) is 1.69. The summed E-state index contributed by atoms with van der Waals surface area (Å²) in [6.45, 7) is 1.20. The lowest BCUT2D eigenvalue weighted by molar-refractivity contribution is 0.0696. The van der Waals surface area contributed by atoms with E-state index in [1.165, 1.54) is 6.07 Å². The van der Waals surface area contributed by atoms with E-state index < -0.39 is 5.97 Å². The molecule has 1 aromatic heterocycles. The molecule has 1 unspecified atom stereocenters. The fourth-order valence-corrected chi connectivity index (χ4v) is 1.69. The number of pyridine rings is 1. The van der Waals surface area contributed by atoms with E-state index >= 15 is 0 Å². The molecule has 0 saturated carbocycles. The second kappa shape index (κ2) is 3.86. The van der Waals surface area contributed by atoms with E-state index in [0.717, 1.165) is 12.5 Å². The lowest BCUT2D eigenvalue weighted by Gasteiger charge is -2.07. The molecule has 1 saturated heterocycles. The topological polar surface area (TPSA) is 79.4 Å². The number of aromatic nitrogens is 1. The van der Waals surface area contributed by atoms with Crippen molar-refractivity contribution in [2.24, 2.45) is 0 Å². The second-order valence-corrected chi connectivity index (χ2v) is 3.55. The van der Waals surface area contributed by atoms with Crippen molar-refractivity contribution in [2.45, 2.75) is 12.3 Å². The van der Waals surface area contributed by atoms with Gasteiger partial charge in [-0.15, -0.1) is 0 Å². The first kappa shape index (κ1) is 9.92. The maximum Gasteiger partial charge on any atom is 0.335 e. The predicted octanol–water partition coefficient (Wildman–Crippen LogP) is 0.577. The molecule has 1 aromatic rings. The molecule has 15 heavy (non-hydrogen) atoms. The number of carbonyl (C=O) groups is 1. The Morgan fingerprint density at radius 3 is 2.93 bits per heavy atom. The van der Waals surface area contributed by atoms with Crippen LogP contribution in [0.3, 0.4) is 0 Å². The molecule has 0 bridgehead atoms. The van der Waals surface area contributed by atoms with Crippen molar-refractivity contribution in [3.8, 4) is 0 Å². The van der Waals surface area contributed by atoms with Crippen LogP contribution in [0, 0.1) is 0 Å². The Morgan fingerprint density at radius 1 is 1.53 bits per heavy atom. The summed E-state index contributed by atoms with van der Waals surface area (Å²) in [6.07, 6.45) is 0.818. The molecule has 0 aromatic carbocycles. The van der Waals surface area contributed by atoms with Gasteiger partial charge in [-0.1, -0.05) is 0 Å². The van der Waals surface area contributed by atoms with Gasteiger partial charge in [-0.05, 0) is 12.5 Å². The minimum Gasteiger partial charge on any atom is -0.478 e. The third kappa shape index (κ3) is 2.07. The average Bonchev–Trinajstić information content (AvgIpc) is 2.69. The Hall–Kier alpha value is -1.62. The number of ether oxygens (including phenoxy) is 1. The number of hydrogen-bond donors (Lipinski definition) is 2. The van der Waals surface area contributed by atoms with Gasteiger partial charge in [0.15, 0.2) is 0 Å². The summed E-state index contributed by atoms with van der Waals surface area (Å²) < 4.78 is 5.18. The molecule has 5 nitrogen and oxygen atoms in total. The van der Waals surface area contributed by atoms with Gasteiger partial charge in [0, 0.05) is 24.3 Å². The maximum absolute atomic E-state index is 11.2. The van der Waals surface area contributed by atoms with Crippen molar-refractivity contribution in [1.29, 1.82) is 0 Å². The van der Waals surface area contributed by atoms with E-state index in [1.54, 1.807) is 0 Å². The Labute approximate surface area is 85.7 Å². The van der Waals surface area contributed by atoms with Gasteiger partial charge in [0.1, 0.15) is 0 Å². The highest BCUT2D eigenvalue weighted by Crippen LogP contribution is 2.23. The lowest BCUT2D eigenvalue weighted by Crippen LogP contribution is -2.14. The highest BCUT2D eigenvalue weighted by molar-refractivity contribution is 5.87. The Bertz CT molecular complexity index is 431. The molecule has 1 aliphatic rings. The van der Waals surface area contributed by atoms with Gasteiger partial charge in [-0.3, -0.25) is 4.79 Å². The van der Waals surface area contributed by atoms with E-state index in [-0.39, 0.29) is 17.0 Å². The normalized spacial score (nSPS) is 20.4. The highest BCUT2D eigenvalue weighted by atomic mass is 16.5. The van der Waals surface area contributed by atoms with E-state index in [9.17, 15) is 9.59 Å². The maximum atomic E-state index is 11.2. The molecule has 2 heterocycles. The van der Waals surface area contributed by atoms with Crippen LogP contribution < -0.4 is 5.56 Å². The SMILES string of the molecule is O=C(O)c1cc(C2CCOC2)[nH]c(=O)c1. The number of carboxylic acid groups (broad SMARTS) is 1. The highest BCUT2D eigenvalue weighted by Gasteiger charge is 2.20. The zero-order valence-corrected chi connectivity index (χ0v) is 8.03. The van der Waals surface area contributed by atoms with Crippen LogP contribution in [0.15, 0.2) is 16.9 Å². The fraction of sp³-hybridized carbons (Fsp3) is 0.400. The van der Waals surface area contributed by atoms with Crippen molar-refractivity contribution < 1.29 is 14.6 Å². The quantitative estimate of drug-likeness (QED) is 0.746. The van der Waals surface area contributed by atoms with Crippen LogP contribution in [0.1, 0.15) is 28.4 Å². The van der Waals surface area contributed by atoms with Crippen LogP contribution in [0.5, 0.6) is 0 Å². The summed E-state index contributed by atoms with van der Waals surface area (Å²) in [5, 5.41) is 8.79. The monoisotopic (exact) mass is 209 g/mol. The number of aromatic amines is 1. The average molecular weight is 209 g/mol. The zero-order valence-electron chi connectivity index (χ0n) is 8.03. The van der Waals surface area contributed by atoms with Crippen LogP contribution in [-0.2, 0) is 4.74 Å².